The number of hydrogen-bond acceptors (Lipinski definition) is 3. The number of hydrogen-bond donors (Lipinski definition) is 2. The quantitative estimate of drug-likeness (QED) is 0.855. The summed E-state index contributed by atoms with van der Waals surface area (Å²) in [5, 5.41) is 6.90. The van der Waals surface area contributed by atoms with E-state index in [2.05, 4.69) is 15.6 Å². The SMILES string of the molecule is O=C(CCNc1cccc(Cl)c1Cl)NCc1ccncc1. The molecule has 21 heavy (non-hydrogen) atoms. The molecule has 0 aliphatic heterocycles. The molecule has 6 heteroatoms. The van der Waals surface area contributed by atoms with Crippen molar-refractivity contribution in [2.45, 2.75) is 13.0 Å². The highest BCUT2D eigenvalue weighted by Crippen LogP contribution is 2.29. The van der Waals surface area contributed by atoms with E-state index < -0.39 is 0 Å². The second-order valence-corrected chi connectivity index (χ2v) is 5.20. The summed E-state index contributed by atoms with van der Waals surface area (Å²) >= 11 is 12.0. The Labute approximate surface area is 133 Å². The van der Waals surface area contributed by atoms with E-state index >= 15 is 0 Å². The molecular weight excluding hydrogens is 309 g/mol. The van der Waals surface area contributed by atoms with Gasteiger partial charge in [-0.05, 0) is 29.8 Å². The number of halogens is 2. The van der Waals surface area contributed by atoms with Crippen molar-refractivity contribution >= 4 is 34.8 Å². The molecule has 4 nitrogen and oxygen atoms in total. The molecule has 0 saturated carbocycles. The van der Waals surface area contributed by atoms with Gasteiger partial charge in [0.05, 0.1) is 15.7 Å². The maximum absolute atomic E-state index is 11.7. The van der Waals surface area contributed by atoms with Gasteiger partial charge in [0.1, 0.15) is 0 Å². The Kier molecular flexibility index (Phi) is 5.84. The van der Waals surface area contributed by atoms with Gasteiger partial charge in [0.2, 0.25) is 5.91 Å². The summed E-state index contributed by atoms with van der Waals surface area (Å²) < 4.78 is 0. The van der Waals surface area contributed by atoms with Crippen molar-refractivity contribution in [3.63, 3.8) is 0 Å². The average molecular weight is 324 g/mol. The molecule has 0 bridgehead atoms. The average Bonchev–Trinajstić information content (AvgIpc) is 2.50. The van der Waals surface area contributed by atoms with Gasteiger partial charge in [0.15, 0.2) is 0 Å². The van der Waals surface area contributed by atoms with Gasteiger partial charge in [-0.15, -0.1) is 0 Å². The van der Waals surface area contributed by atoms with Crippen LogP contribution in [-0.4, -0.2) is 17.4 Å². The first-order valence-corrected chi connectivity index (χ1v) is 7.26. The first-order chi connectivity index (χ1) is 10.2. The molecule has 0 saturated heterocycles. The molecule has 0 atom stereocenters. The third kappa shape index (κ3) is 4.92. The minimum absolute atomic E-state index is 0.0301. The smallest absolute Gasteiger partial charge is 0.222 e. The molecule has 2 aromatic rings. The van der Waals surface area contributed by atoms with Gasteiger partial charge < -0.3 is 10.6 Å². The van der Waals surface area contributed by atoms with Crippen molar-refractivity contribution in [1.82, 2.24) is 10.3 Å². The van der Waals surface area contributed by atoms with Crippen LogP contribution in [0, 0.1) is 0 Å². The standard InChI is InChI=1S/C15H15Cl2N3O/c16-12-2-1-3-13(15(12)17)19-9-6-14(21)20-10-11-4-7-18-8-5-11/h1-5,7-8,19H,6,9-10H2,(H,20,21). The van der Waals surface area contributed by atoms with Crippen molar-refractivity contribution in [3.05, 3.63) is 58.3 Å². The fraction of sp³-hybridized carbons (Fsp3) is 0.200. The van der Waals surface area contributed by atoms with Crippen LogP contribution in [0.3, 0.4) is 0 Å². The maximum Gasteiger partial charge on any atom is 0.222 e. The van der Waals surface area contributed by atoms with E-state index in [0.29, 0.717) is 29.6 Å². The van der Waals surface area contributed by atoms with Crippen LogP contribution in [0.25, 0.3) is 0 Å². The largest absolute Gasteiger partial charge is 0.383 e. The monoisotopic (exact) mass is 323 g/mol. The first kappa shape index (κ1) is 15.6. The van der Waals surface area contributed by atoms with Gasteiger partial charge in [-0.2, -0.15) is 0 Å². The number of rotatable bonds is 6. The van der Waals surface area contributed by atoms with Crippen LogP contribution in [0.15, 0.2) is 42.7 Å². The summed E-state index contributed by atoms with van der Waals surface area (Å²) in [5.74, 6) is -0.0301. The Morgan fingerprint density at radius 1 is 1.14 bits per heavy atom. The third-order valence-corrected chi connectivity index (χ3v) is 3.68. The number of aromatic nitrogens is 1. The van der Waals surface area contributed by atoms with Crippen LogP contribution in [-0.2, 0) is 11.3 Å². The summed E-state index contributed by atoms with van der Waals surface area (Å²) in [6, 6.07) is 9.08. The summed E-state index contributed by atoms with van der Waals surface area (Å²) in [7, 11) is 0. The van der Waals surface area contributed by atoms with Crippen molar-refractivity contribution in [1.29, 1.82) is 0 Å². The molecule has 0 aliphatic carbocycles. The number of pyridine rings is 1. The maximum atomic E-state index is 11.7. The molecule has 2 N–H and O–H groups in total. The number of carbonyl (C=O) groups is 1. The fourth-order valence-electron chi connectivity index (χ4n) is 1.74. The topological polar surface area (TPSA) is 54.0 Å². The first-order valence-electron chi connectivity index (χ1n) is 6.50. The summed E-state index contributed by atoms with van der Waals surface area (Å²) in [5.41, 5.74) is 1.75. The second-order valence-electron chi connectivity index (χ2n) is 4.41. The van der Waals surface area contributed by atoms with Gasteiger partial charge in [-0.1, -0.05) is 29.3 Å². The van der Waals surface area contributed by atoms with E-state index in [1.54, 1.807) is 24.5 Å². The van der Waals surface area contributed by atoms with Crippen LogP contribution in [0.1, 0.15) is 12.0 Å². The zero-order valence-corrected chi connectivity index (χ0v) is 12.8. The Morgan fingerprint density at radius 3 is 2.67 bits per heavy atom. The highest BCUT2D eigenvalue weighted by Gasteiger charge is 2.05. The lowest BCUT2D eigenvalue weighted by molar-refractivity contribution is -0.121. The Morgan fingerprint density at radius 2 is 1.90 bits per heavy atom. The van der Waals surface area contributed by atoms with Crippen molar-refractivity contribution < 1.29 is 4.79 Å². The molecule has 0 radical (unpaired) electrons. The number of benzene rings is 1. The van der Waals surface area contributed by atoms with E-state index in [1.807, 2.05) is 18.2 Å². The number of amides is 1. The van der Waals surface area contributed by atoms with Gasteiger partial charge >= 0.3 is 0 Å². The third-order valence-electron chi connectivity index (χ3n) is 2.86. The fourth-order valence-corrected chi connectivity index (χ4v) is 2.11. The zero-order valence-electron chi connectivity index (χ0n) is 11.3. The Bertz CT molecular complexity index is 605. The van der Waals surface area contributed by atoms with E-state index in [4.69, 9.17) is 23.2 Å². The van der Waals surface area contributed by atoms with Gasteiger partial charge in [0.25, 0.3) is 0 Å². The molecule has 110 valence electrons. The van der Waals surface area contributed by atoms with Crippen LogP contribution in [0.2, 0.25) is 10.0 Å². The van der Waals surface area contributed by atoms with E-state index in [9.17, 15) is 4.79 Å². The van der Waals surface area contributed by atoms with Crippen LogP contribution in [0.4, 0.5) is 5.69 Å². The van der Waals surface area contributed by atoms with Crippen molar-refractivity contribution in [2.24, 2.45) is 0 Å². The van der Waals surface area contributed by atoms with E-state index in [1.165, 1.54) is 0 Å². The molecule has 0 aliphatic rings. The molecule has 1 heterocycles. The highest BCUT2D eigenvalue weighted by atomic mass is 35.5. The van der Waals surface area contributed by atoms with Crippen molar-refractivity contribution in [2.75, 3.05) is 11.9 Å². The van der Waals surface area contributed by atoms with Crippen LogP contribution < -0.4 is 10.6 Å². The minimum Gasteiger partial charge on any atom is -0.383 e. The Hall–Kier alpha value is -1.78. The second kappa shape index (κ2) is 7.86. The molecule has 0 spiro atoms. The molecule has 2 rings (SSSR count). The van der Waals surface area contributed by atoms with Crippen LogP contribution in [0.5, 0.6) is 0 Å². The summed E-state index contributed by atoms with van der Waals surface area (Å²) in [6.07, 6.45) is 3.75. The minimum atomic E-state index is -0.0301. The van der Waals surface area contributed by atoms with E-state index in [-0.39, 0.29) is 5.91 Å². The van der Waals surface area contributed by atoms with Crippen LogP contribution >= 0.6 is 23.2 Å². The predicted octanol–water partition coefficient (Wildman–Crippen LogP) is 3.51. The van der Waals surface area contributed by atoms with Gasteiger partial charge in [-0.3, -0.25) is 9.78 Å². The number of nitrogens with one attached hydrogen (secondary N) is 2. The number of carbonyl (C=O) groups excluding carboxylic acids is 1. The zero-order chi connectivity index (χ0) is 15.1. The molecule has 1 amide bonds. The Balaban J connectivity index is 1.73. The lowest BCUT2D eigenvalue weighted by Crippen LogP contribution is -2.24. The lowest BCUT2D eigenvalue weighted by atomic mass is 10.2. The summed E-state index contributed by atoms with van der Waals surface area (Å²) in [6.45, 7) is 0.988. The molecule has 0 unspecified atom stereocenters. The van der Waals surface area contributed by atoms with E-state index in [0.717, 1.165) is 11.3 Å². The lowest BCUT2D eigenvalue weighted by Gasteiger charge is -2.09. The molecule has 1 aromatic heterocycles. The van der Waals surface area contributed by atoms with Gasteiger partial charge in [0, 0.05) is 31.9 Å². The molecule has 1 aromatic carbocycles. The number of nitrogens with zero attached hydrogens (tertiary/aromatic N) is 1. The highest BCUT2D eigenvalue weighted by molar-refractivity contribution is 6.43. The number of anilines is 1. The molecule has 0 fully saturated rings. The van der Waals surface area contributed by atoms with Crippen molar-refractivity contribution in [3.8, 4) is 0 Å². The normalized spacial score (nSPS) is 10.2. The van der Waals surface area contributed by atoms with Gasteiger partial charge in [-0.25, -0.2) is 0 Å². The summed E-state index contributed by atoms with van der Waals surface area (Å²) in [4.78, 5) is 15.7. The molecular formula is C15H15Cl2N3O. The predicted molar refractivity (Wildman–Crippen MR) is 85.7 cm³/mol.